The van der Waals surface area contributed by atoms with Crippen molar-refractivity contribution in [2.24, 2.45) is 23.7 Å². The van der Waals surface area contributed by atoms with Gasteiger partial charge in [-0.15, -0.1) is 0 Å². The van der Waals surface area contributed by atoms with Crippen molar-refractivity contribution in [1.29, 1.82) is 0 Å². The van der Waals surface area contributed by atoms with Gasteiger partial charge in [0.2, 0.25) is 0 Å². The number of hydrogen-bond acceptors (Lipinski definition) is 5. The Morgan fingerprint density at radius 3 is 1.72 bits per heavy atom. The van der Waals surface area contributed by atoms with Crippen LogP contribution in [0.5, 0.6) is 11.5 Å². The van der Waals surface area contributed by atoms with Crippen molar-refractivity contribution in [2.45, 2.75) is 57.0 Å². The number of hydrogen-bond donors (Lipinski definition) is 0. The van der Waals surface area contributed by atoms with Gasteiger partial charge < -0.3 is 14.5 Å². The number of nitrogens with zero attached hydrogens (tertiary/aromatic N) is 2. The van der Waals surface area contributed by atoms with Crippen LogP contribution in [-0.4, -0.2) is 60.6 Å². The van der Waals surface area contributed by atoms with Crippen LogP contribution < -0.4 is 4.74 Å². The minimum Gasteiger partial charge on any atom is -0.457 e. The predicted molar refractivity (Wildman–Crippen MR) is 175 cm³/mol. The third-order valence-electron chi connectivity index (χ3n) is 10.6. The summed E-state index contributed by atoms with van der Waals surface area (Å²) in [7, 11) is 0. The van der Waals surface area contributed by atoms with Crippen molar-refractivity contribution in [2.75, 3.05) is 39.3 Å². The summed E-state index contributed by atoms with van der Waals surface area (Å²) in [6, 6.07) is 20.4. The lowest BCUT2D eigenvalue weighted by Crippen LogP contribution is -2.39. The molecular weight excluding hydrogens is 601 g/mol. The van der Waals surface area contributed by atoms with Crippen LogP contribution in [0.1, 0.15) is 82.7 Å². The summed E-state index contributed by atoms with van der Waals surface area (Å²) < 4.78 is 44.9. The minimum absolute atomic E-state index is 0.0627. The fraction of sp³-hybridized carbons (Fsp3) is 0.487. The fourth-order valence-electron chi connectivity index (χ4n) is 7.63. The number of halogens is 3. The number of rotatable bonds is 11. The molecule has 2 heterocycles. The van der Waals surface area contributed by atoms with E-state index in [1.807, 2.05) is 36.4 Å². The third-order valence-corrected chi connectivity index (χ3v) is 10.6. The molecule has 248 valence electrons. The summed E-state index contributed by atoms with van der Waals surface area (Å²) >= 11 is 0. The summed E-state index contributed by atoms with van der Waals surface area (Å²) in [6.45, 7) is 5.66. The monoisotopic (exact) mass is 644 g/mol. The molecule has 3 aromatic carbocycles. The van der Waals surface area contributed by atoms with E-state index in [4.69, 9.17) is 4.74 Å². The molecule has 2 saturated carbocycles. The minimum atomic E-state index is -4.40. The number of benzene rings is 3. The van der Waals surface area contributed by atoms with Crippen LogP contribution in [0.3, 0.4) is 0 Å². The zero-order chi connectivity index (χ0) is 32.5. The molecule has 2 aliphatic carbocycles. The number of alkyl halides is 3. The van der Waals surface area contributed by atoms with Gasteiger partial charge in [0.1, 0.15) is 11.5 Å². The molecule has 4 aliphatic rings. The maximum atomic E-state index is 13.2. The Bertz CT molecular complexity index is 1550. The van der Waals surface area contributed by atoms with E-state index in [-0.39, 0.29) is 23.4 Å². The lowest BCUT2D eigenvalue weighted by Gasteiger charge is -2.32. The lowest BCUT2D eigenvalue weighted by molar-refractivity contribution is -0.137. The highest BCUT2D eigenvalue weighted by Gasteiger charge is 2.40. The van der Waals surface area contributed by atoms with Gasteiger partial charge in [-0.05, 0) is 130 Å². The van der Waals surface area contributed by atoms with Gasteiger partial charge in [-0.25, -0.2) is 0 Å². The Morgan fingerprint density at radius 1 is 0.681 bits per heavy atom. The first-order valence-electron chi connectivity index (χ1n) is 17.3. The molecule has 2 aliphatic heterocycles. The molecule has 7 rings (SSSR count). The Kier molecular flexibility index (Phi) is 9.25. The van der Waals surface area contributed by atoms with Gasteiger partial charge in [-0.3, -0.25) is 9.59 Å². The average molecular weight is 645 g/mol. The summed E-state index contributed by atoms with van der Waals surface area (Å²) in [6.07, 6.45) is 3.11. The standard InChI is InChI=1S/C39H43F3N2O3/c40-39(41,42)33-13-7-28(8-14-33)37(45)31-4-2-20-44(24-31)25-32-21-36(32)27-9-15-34(16-10-27)47-35-17-11-29(12-18-35)38(46)30-3-1-19-43(23-30)22-26-5-6-26/h7-18,26,30-32,36H,1-6,19-25H2/t30?,31?,32-,36?/m1/s1. The van der Waals surface area contributed by atoms with Crippen LogP contribution in [0.2, 0.25) is 0 Å². The van der Waals surface area contributed by atoms with Crippen LogP contribution in [-0.2, 0) is 6.18 Å². The van der Waals surface area contributed by atoms with E-state index in [0.717, 1.165) is 94.2 Å². The summed E-state index contributed by atoms with van der Waals surface area (Å²) in [5, 5.41) is 0. The quantitative estimate of drug-likeness (QED) is 0.196. The second-order valence-corrected chi connectivity index (χ2v) is 14.2. The maximum absolute atomic E-state index is 13.2. The summed E-state index contributed by atoms with van der Waals surface area (Å²) in [5.41, 5.74) is 1.66. The van der Waals surface area contributed by atoms with Crippen LogP contribution in [0.25, 0.3) is 0 Å². The summed E-state index contributed by atoms with van der Waals surface area (Å²) in [4.78, 5) is 31.1. The van der Waals surface area contributed by atoms with Gasteiger partial charge in [0.25, 0.3) is 0 Å². The van der Waals surface area contributed by atoms with Crippen LogP contribution in [0, 0.1) is 23.7 Å². The number of likely N-dealkylation sites (tertiary alicyclic amines) is 2. The lowest BCUT2D eigenvalue weighted by atomic mass is 9.89. The topological polar surface area (TPSA) is 49.9 Å². The molecule has 2 saturated heterocycles. The van der Waals surface area contributed by atoms with E-state index in [9.17, 15) is 22.8 Å². The Hall–Kier alpha value is -3.49. The van der Waals surface area contributed by atoms with Gasteiger partial charge in [0.05, 0.1) is 5.56 Å². The molecule has 3 unspecified atom stereocenters. The van der Waals surface area contributed by atoms with E-state index in [0.29, 0.717) is 29.7 Å². The smallest absolute Gasteiger partial charge is 0.416 e. The molecule has 0 spiro atoms. The first-order valence-corrected chi connectivity index (χ1v) is 17.3. The number of Topliss-reactive ketones (excluding diaryl/α,β-unsaturated/α-hetero) is 2. The Morgan fingerprint density at radius 2 is 1.19 bits per heavy atom. The van der Waals surface area contributed by atoms with E-state index < -0.39 is 11.7 Å². The predicted octanol–water partition coefficient (Wildman–Crippen LogP) is 8.50. The van der Waals surface area contributed by atoms with Gasteiger partial charge in [0, 0.05) is 49.1 Å². The highest BCUT2D eigenvalue weighted by Crippen LogP contribution is 2.48. The van der Waals surface area contributed by atoms with E-state index in [1.54, 1.807) is 0 Å². The normalized spacial score (nSPS) is 25.3. The highest BCUT2D eigenvalue weighted by atomic mass is 19.4. The van der Waals surface area contributed by atoms with Crippen molar-refractivity contribution in [3.8, 4) is 11.5 Å². The molecule has 0 N–H and O–H groups in total. The van der Waals surface area contributed by atoms with E-state index in [2.05, 4.69) is 21.9 Å². The number of piperidine rings is 2. The highest BCUT2D eigenvalue weighted by molar-refractivity contribution is 5.98. The molecule has 0 radical (unpaired) electrons. The summed E-state index contributed by atoms with van der Waals surface area (Å²) in [5.74, 6) is 3.39. The maximum Gasteiger partial charge on any atom is 0.416 e. The molecule has 0 amide bonds. The van der Waals surface area contributed by atoms with Gasteiger partial charge >= 0.3 is 6.18 Å². The molecule has 4 fully saturated rings. The zero-order valence-electron chi connectivity index (χ0n) is 26.8. The number of carbonyl (C=O) groups is 2. The van der Waals surface area contributed by atoms with E-state index >= 15 is 0 Å². The Labute approximate surface area is 275 Å². The SMILES string of the molecule is O=C(c1ccc(Oc2ccc(C3C[C@@H]3CN3CCCC(C(=O)c4ccc(C(F)(F)F)cc4)C3)cc2)cc1)C1CCCN(CC2CC2)C1. The van der Waals surface area contributed by atoms with Crippen LogP contribution >= 0.6 is 0 Å². The molecule has 4 atom stereocenters. The largest absolute Gasteiger partial charge is 0.457 e. The molecule has 0 aromatic heterocycles. The second-order valence-electron chi connectivity index (χ2n) is 14.2. The van der Waals surface area contributed by atoms with Gasteiger partial charge in [-0.2, -0.15) is 13.2 Å². The second kappa shape index (κ2) is 13.6. The average Bonchev–Trinajstić information content (AvgIpc) is 4.03. The van der Waals surface area contributed by atoms with Crippen molar-refractivity contribution >= 4 is 11.6 Å². The first-order chi connectivity index (χ1) is 22.7. The number of ether oxygens (including phenoxy) is 1. The molecule has 0 bridgehead atoms. The van der Waals surface area contributed by atoms with Crippen molar-refractivity contribution in [1.82, 2.24) is 9.80 Å². The third kappa shape index (κ3) is 7.98. The van der Waals surface area contributed by atoms with Crippen LogP contribution in [0.4, 0.5) is 13.2 Å². The van der Waals surface area contributed by atoms with Gasteiger partial charge in [0.15, 0.2) is 11.6 Å². The van der Waals surface area contributed by atoms with Gasteiger partial charge in [-0.1, -0.05) is 24.3 Å². The Balaban J connectivity index is 0.875. The number of ketones is 2. The van der Waals surface area contributed by atoms with E-state index in [1.165, 1.54) is 30.5 Å². The molecule has 8 heteroatoms. The van der Waals surface area contributed by atoms with Crippen LogP contribution in [0.15, 0.2) is 72.8 Å². The van der Waals surface area contributed by atoms with Crippen molar-refractivity contribution < 1.29 is 27.5 Å². The first kappa shape index (κ1) is 32.1. The van der Waals surface area contributed by atoms with Crippen molar-refractivity contribution in [3.63, 3.8) is 0 Å². The van der Waals surface area contributed by atoms with Crippen molar-refractivity contribution in [3.05, 3.63) is 95.1 Å². The molecular formula is C39H43F3N2O3. The molecule has 5 nitrogen and oxygen atoms in total. The number of carbonyl (C=O) groups excluding carboxylic acids is 2. The fourth-order valence-corrected chi connectivity index (χ4v) is 7.63. The zero-order valence-corrected chi connectivity index (χ0v) is 26.8. The molecule has 47 heavy (non-hydrogen) atoms. The molecule has 3 aromatic rings.